The molecule has 0 unspecified atom stereocenters. The standard InChI is InChI=1S/C13H15ClN2O2S/c14-12-3-1-2-11-10(9-19(17,18)13(11)12)8-16-6-4-15-5-7-16/h1-3,9,15H,4-8H2. The third kappa shape index (κ3) is 2.43. The first kappa shape index (κ1) is 13.1. The monoisotopic (exact) mass is 298 g/mol. The Morgan fingerprint density at radius 2 is 2.00 bits per heavy atom. The van der Waals surface area contributed by atoms with Crippen LogP contribution in [0.15, 0.2) is 28.5 Å². The Balaban J connectivity index is 1.94. The van der Waals surface area contributed by atoms with Crippen molar-refractivity contribution in [2.75, 3.05) is 32.7 Å². The smallest absolute Gasteiger partial charge is 0.202 e. The summed E-state index contributed by atoms with van der Waals surface area (Å²) in [4.78, 5) is 2.52. The third-order valence-corrected chi connectivity index (χ3v) is 5.53. The minimum Gasteiger partial charge on any atom is -0.314 e. The van der Waals surface area contributed by atoms with Crippen LogP contribution in [0.1, 0.15) is 5.56 Å². The number of fused-ring (bicyclic) bond motifs is 1. The molecule has 3 rings (SSSR count). The summed E-state index contributed by atoms with van der Waals surface area (Å²) in [7, 11) is -3.37. The molecule has 0 aliphatic carbocycles. The van der Waals surface area contributed by atoms with Crippen LogP contribution in [0.5, 0.6) is 0 Å². The second kappa shape index (κ2) is 4.90. The van der Waals surface area contributed by atoms with Gasteiger partial charge in [-0.2, -0.15) is 0 Å². The van der Waals surface area contributed by atoms with Crippen molar-refractivity contribution in [2.45, 2.75) is 4.90 Å². The maximum absolute atomic E-state index is 12.1. The van der Waals surface area contributed by atoms with Crippen LogP contribution in [0.2, 0.25) is 5.02 Å². The molecular weight excluding hydrogens is 284 g/mol. The fourth-order valence-corrected chi connectivity index (χ4v) is 4.63. The molecule has 0 spiro atoms. The molecule has 2 aliphatic rings. The van der Waals surface area contributed by atoms with Gasteiger partial charge in [-0.05, 0) is 11.6 Å². The number of sulfone groups is 1. The first-order chi connectivity index (χ1) is 9.08. The molecule has 1 N–H and O–H groups in total. The molecular formula is C13H15ClN2O2S. The summed E-state index contributed by atoms with van der Waals surface area (Å²) in [6.07, 6.45) is 0. The Morgan fingerprint density at radius 1 is 1.26 bits per heavy atom. The molecule has 0 atom stereocenters. The molecule has 0 amide bonds. The van der Waals surface area contributed by atoms with E-state index in [-0.39, 0.29) is 4.90 Å². The molecule has 102 valence electrons. The maximum Gasteiger partial charge on any atom is 0.202 e. The number of benzene rings is 1. The van der Waals surface area contributed by atoms with Gasteiger partial charge in [0.1, 0.15) is 0 Å². The van der Waals surface area contributed by atoms with Gasteiger partial charge in [0.05, 0.1) is 9.92 Å². The largest absolute Gasteiger partial charge is 0.314 e. The fourth-order valence-electron chi connectivity index (χ4n) is 2.59. The maximum atomic E-state index is 12.1. The summed E-state index contributed by atoms with van der Waals surface area (Å²) in [6, 6.07) is 5.26. The van der Waals surface area contributed by atoms with Crippen molar-refractivity contribution < 1.29 is 8.42 Å². The van der Waals surface area contributed by atoms with Crippen molar-refractivity contribution in [3.8, 4) is 0 Å². The lowest BCUT2D eigenvalue weighted by molar-refractivity contribution is 0.268. The van der Waals surface area contributed by atoms with Gasteiger partial charge in [0.15, 0.2) is 0 Å². The summed E-state index contributed by atoms with van der Waals surface area (Å²) < 4.78 is 24.3. The Labute approximate surface area is 118 Å². The number of nitrogens with zero attached hydrogens (tertiary/aromatic N) is 1. The van der Waals surface area contributed by atoms with Gasteiger partial charge in [-0.15, -0.1) is 0 Å². The molecule has 0 saturated carbocycles. The molecule has 1 saturated heterocycles. The van der Waals surface area contributed by atoms with Gasteiger partial charge in [0.2, 0.25) is 9.84 Å². The second-order valence-electron chi connectivity index (χ2n) is 4.83. The topological polar surface area (TPSA) is 49.4 Å². The molecule has 1 fully saturated rings. The average molecular weight is 299 g/mol. The Hall–Kier alpha value is -0.880. The fraction of sp³-hybridized carbons (Fsp3) is 0.385. The molecule has 2 heterocycles. The zero-order valence-corrected chi connectivity index (χ0v) is 12.0. The van der Waals surface area contributed by atoms with Crippen LogP contribution in [0.4, 0.5) is 0 Å². The van der Waals surface area contributed by atoms with E-state index in [9.17, 15) is 8.42 Å². The minimum absolute atomic E-state index is 0.266. The van der Waals surface area contributed by atoms with E-state index in [1.54, 1.807) is 12.1 Å². The van der Waals surface area contributed by atoms with Crippen molar-refractivity contribution >= 4 is 27.0 Å². The number of halogens is 1. The quantitative estimate of drug-likeness (QED) is 0.896. The molecule has 1 aromatic rings. The summed E-state index contributed by atoms with van der Waals surface area (Å²) in [6.45, 7) is 4.43. The van der Waals surface area contributed by atoms with Gasteiger partial charge in [-0.1, -0.05) is 23.7 Å². The lowest BCUT2D eigenvalue weighted by Crippen LogP contribution is -2.43. The van der Waals surface area contributed by atoms with E-state index in [4.69, 9.17) is 11.6 Å². The van der Waals surface area contributed by atoms with Crippen LogP contribution in [0.3, 0.4) is 0 Å². The minimum atomic E-state index is -3.37. The van der Waals surface area contributed by atoms with Crippen molar-refractivity contribution in [3.05, 3.63) is 34.2 Å². The van der Waals surface area contributed by atoms with Crippen LogP contribution in [-0.2, 0) is 9.84 Å². The molecule has 0 radical (unpaired) electrons. The zero-order chi connectivity index (χ0) is 13.5. The van der Waals surface area contributed by atoms with E-state index in [2.05, 4.69) is 10.2 Å². The Kier molecular flexibility index (Phi) is 3.39. The normalized spacial score (nSPS) is 22.1. The van der Waals surface area contributed by atoms with Gasteiger partial charge < -0.3 is 5.32 Å². The Bertz CT molecular complexity index is 634. The highest BCUT2D eigenvalue weighted by atomic mass is 35.5. The van der Waals surface area contributed by atoms with E-state index in [1.807, 2.05) is 6.07 Å². The summed E-state index contributed by atoms with van der Waals surface area (Å²) in [5, 5.41) is 4.96. The number of hydrogen-bond donors (Lipinski definition) is 1. The summed E-state index contributed by atoms with van der Waals surface area (Å²) in [5.41, 5.74) is 1.60. The van der Waals surface area contributed by atoms with Gasteiger partial charge in [0, 0.05) is 43.7 Å². The third-order valence-electron chi connectivity index (χ3n) is 3.50. The van der Waals surface area contributed by atoms with Crippen molar-refractivity contribution in [2.24, 2.45) is 0 Å². The zero-order valence-electron chi connectivity index (χ0n) is 10.4. The van der Waals surface area contributed by atoms with Crippen LogP contribution < -0.4 is 5.32 Å². The van der Waals surface area contributed by atoms with Crippen LogP contribution >= 0.6 is 11.6 Å². The van der Waals surface area contributed by atoms with Gasteiger partial charge in [0.25, 0.3) is 0 Å². The van der Waals surface area contributed by atoms with Crippen molar-refractivity contribution in [1.29, 1.82) is 0 Å². The van der Waals surface area contributed by atoms with Crippen LogP contribution in [0, 0.1) is 0 Å². The van der Waals surface area contributed by atoms with E-state index in [0.29, 0.717) is 11.6 Å². The molecule has 1 aromatic carbocycles. The molecule has 4 nitrogen and oxygen atoms in total. The van der Waals surface area contributed by atoms with Crippen molar-refractivity contribution in [3.63, 3.8) is 0 Å². The van der Waals surface area contributed by atoms with E-state index >= 15 is 0 Å². The summed E-state index contributed by atoms with van der Waals surface area (Å²) >= 11 is 6.03. The first-order valence-corrected chi connectivity index (χ1v) is 8.18. The molecule has 0 bridgehead atoms. The van der Waals surface area contributed by atoms with Gasteiger partial charge in [-0.25, -0.2) is 8.42 Å². The van der Waals surface area contributed by atoms with E-state index in [0.717, 1.165) is 37.3 Å². The highest BCUT2D eigenvalue weighted by Gasteiger charge is 2.30. The van der Waals surface area contributed by atoms with Crippen LogP contribution in [0.25, 0.3) is 5.57 Å². The highest BCUT2D eigenvalue weighted by Crippen LogP contribution is 2.38. The van der Waals surface area contributed by atoms with Gasteiger partial charge >= 0.3 is 0 Å². The average Bonchev–Trinajstić information content (AvgIpc) is 2.63. The highest BCUT2D eigenvalue weighted by molar-refractivity contribution is 7.95. The number of hydrogen-bond acceptors (Lipinski definition) is 4. The Morgan fingerprint density at radius 3 is 2.74 bits per heavy atom. The predicted octanol–water partition coefficient (Wildman–Crippen LogP) is 1.37. The molecule has 19 heavy (non-hydrogen) atoms. The van der Waals surface area contributed by atoms with E-state index < -0.39 is 9.84 Å². The van der Waals surface area contributed by atoms with Gasteiger partial charge in [-0.3, -0.25) is 4.90 Å². The second-order valence-corrected chi connectivity index (χ2v) is 6.97. The van der Waals surface area contributed by atoms with Crippen molar-refractivity contribution in [1.82, 2.24) is 10.2 Å². The number of piperazine rings is 1. The number of nitrogens with one attached hydrogen (secondary N) is 1. The van der Waals surface area contributed by atoms with Crippen LogP contribution in [-0.4, -0.2) is 46.0 Å². The SMILES string of the molecule is O=S1(=O)C=C(CN2CCNCC2)c2cccc(Cl)c21. The lowest BCUT2D eigenvalue weighted by Gasteiger charge is -2.27. The molecule has 0 aromatic heterocycles. The lowest BCUT2D eigenvalue weighted by atomic mass is 10.1. The molecule has 2 aliphatic heterocycles. The molecule has 6 heteroatoms. The summed E-state index contributed by atoms with van der Waals surface area (Å²) in [5.74, 6) is 0. The van der Waals surface area contributed by atoms with E-state index in [1.165, 1.54) is 5.41 Å². The predicted molar refractivity (Wildman–Crippen MR) is 75.9 cm³/mol. The number of rotatable bonds is 2. The first-order valence-electron chi connectivity index (χ1n) is 6.25.